The molecule has 1 aromatic heterocycles. The van der Waals surface area contributed by atoms with E-state index in [1.165, 1.54) is 16.2 Å². The fraction of sp³-hybridized carbons (Fsp3) is 0.368. The van der Waals surface area contributed by atoms with E-state index in [1.807, 2.05) is 30.3 Å². The summed E-state index contributed by atoms with van der Waals surface area (Å²) in [5.74, 6) is 0.677. The Hall–Kier alpha value is -2.34. The highest BCUT2D eigenvalue weighted by Gasteiger charge is 2.27. The number of nitrogens with one attached hydrogen (secondary N) is 1. The van der Waals surface area contributed by atoms with Crippen LogP contribution in [0.4, 0.5) is 5.00 Å². The van der Waals surface area contributed by atoms with E-state index in [0.717, 1.165) is 30.6 Å². The zero-order chi connectivity index (χ0) is 17.8. The number of hydrogen-bond acceptors (Lipinski definition) is 4. The largest absolute Gasteiger partial charge is 0.493 e. The van der Waals surface area contributed by atoms with Gasteiger partial charge in [0.15, 0.2) is 0 Å². The second-order valence-electron chi connectivity index (χ2n) is 6.38. The molecule has 0 radical (unpaired) electrons. The highest BCUT2D eigenvalue weighted by molar-refractivity contribution is 7.17. The van der Waals surface area contributed by atoms with Gasteiger partial charge >= 0.3 is 0 Å². The predicted molar refractivity (Wildman–Crippen MR) is 99.2 cm³/mol. The highest BCUT2D eigenvalue weighted by atomic mass is 32.1. The summed E-state index contributed by atoms with van der Waals surface area (Å²) in [6, 6.07) is 9.36. The van der Waals surface area contributed by atoms with E-state index >= 15 is 0 Å². The van der Waals surface area contributed by atoms with Crippen LogP contribution in [0.1, 0.15) is 40.6 Å². The number of carbonyl (C=O) groups is 2. The number of amides is 2. The van der Waals surface area contributed by atoms with E-state index in [1.54, 1.807) is 0 Å². The molecule has 6 heteroatoms. The number of ether oxygens (including phenoxy) is 1. The van der Waals surface area contributed by atoms with E-state index in [0.29, 0.717) is 16.5 Å². The zero-order valence-electron chi connectivity index (χ0n) is 14.2. The van der Waals surface area contributed by atoms with Gasteiger partial charge < -0.3 is 15.8 Å². The van der Waals surface area contributed by atoms with E-state index in [4.69, 9.17) is 10.5 Å². The molecule has 0 fully saturated rings. The number of thiophene rings is 1. The normalized spacial score (nSPS) is 16.1. The molecule has 0 bridgehead atoms. The third kappa shape index (κ3) is 4.20. The fourth-order valence-electron chi connectivity index (χ4n) is 3.07. The van der Waals surface area contributed by atoms with Gasteiger partial charge in [-0.15, -0.1) is 11.3 Å². The number of hydrogen-bond donors (Lipinski definition) is 2. The van der Waals surface area contributed by atoms with Gasteiger partial charge in [-0.25, -0.2) is 0 Å². The van der Waals surface area contributed by atoms with Crippen molar-refractivity contribution in [2.45, 2.75) is 32.6 Å². The molecule has 1 aliphatic rings. The first-order valence-electron chi connectivity index (χ1n) is 8.46. The average molecular weight is 358 g/mol. The van der Waals surface area contributed by atoms with Crippen LogP contribution in [0.2, 0.25) is 0 Å². The Balaban J connectivity index is 1.64. The van der Waals surface area contributed by atoms with Crippen molar-refractivity contribution in [3.05, 3.63) is 46.3 Å². The van der Waals surface area contributed by atoms with Crippen LogP contribution >= 0.6 is 11.3 Å². The minimum absolute atomic E-state index is 0.176. The smallest absolute Gasteiger partial charge is 0.251 e. The third-order valence-electron chi connectivity index (χ3n) is 4.35. The van der Waals surface area contributed by atoms with Crippen molar-refractivity contribution in [2.75, 3.05) is 11.9 Å². The van der Waals surface area contributed by atoms with E-state index < -0.39 is 5.91 Å². The van der Waals surface area contributed by atoms with Crippen molar-refractivity contribution in [3.8, 4) is 5.75 Å². The molecule has 0 saturated carbocycles. The lowest BCUT2D eigenvalue weighted by Gasteiger charge is -2.18. The summed E-state index contributed by atoms with van der Waals surface area (Å²) in [4.78, 5) is 25.3. The maximum Gasteiger partial charge on any atom is 0.251 e. The molecule has 132 valence electrons. The van der Waals surface area contributed by atoms with Crippen molar-refractivity contribution in [1.82, 2.24) is 0 Å². The van der Waals surface area contributed by atoms with Gasteiger partial charge in [0.2, 0.25) is 5.91 Å². The second kappa shape index (κ2) is 7.70. The lowest BCUT2D eigenvalue weighted by atomic mass is 9.88. The molecular weight excluding hydrogens is 336 g/mol. The number of anilines is 1. The number of benzene rings is 1. The third-order valence-corrected chi connectivity index (χ3v) is 5.52. The van der Waals surface area contributed by atoms with Crippen LogP contribution in [-0.2, 0) is 17.6 Å². The molecule has 0 saturated heterocycles. The number of primary amides is 1. The number of rotatable bonds is 6. The highest BCUT2D eigenvalue weighted by Crippen LogP contribution is 2.39. The van der Waals surface area contributed by atoms with Crippen LogP contribution in [0, 0.1) is 5.92 Å². The minimum Gasteiger partial charge on any atom is -0.493 e. The Labute approximate surface area is 151 Å². The quantitative estimate of drug-likeness (QED) is 0.830. The van der Waals surface area contributed by atoms with Gasteiger partial charge in [-0.3, -0.25) is 9.59 Å². The minimum atomic E-state index is -0.470. The Morgan fingerprint density at radius 2 is 2.08 bits per heavy atom. The topological polar surface area (TPSA) is 81.4 Å². The van der Waals surface area contributed by atoms with Crippen LogP contribution < -0.4 is 15.8 Å². The van der Waals surface area contributed by atoms with Crippen molar-refractivity contribution in [2.24, 2.45) is 11.7 Å². The number of carbonyl (C=O) groups excluding carboxylic acids is 2. The maximum absolute atomic E-state index is 12.2. The average Bonchev–Trinajstić information content (AvgIpc) is 2.92. The van der Waals surface area contributed by atoms with Crippen molar-refractivity contribution < 1.29 is 14.3 Å². The molecule has 1 heterocycles. The summed E-state index contributed by atoms with van der Waals surface area (Å²) in [7, 11) is 0. The Morgan fingerprint density at radius 1 is 1.32 bits per heavy atom. The maximum atomic E-state index is 12.2. The molecule has 1 aromatic carbocycles. The van der Waals surface area contributed by atoms with Crippen LogP contribution in [-0.4, -0.2) is 18.4 Å². The molecule has 3 N–H and O–H groups in total. The SMILES string of the molecule is CC1CCc2c(sc(NC(=O)CCOc3ccccc3)c2C(N)=O)C1. The fourth-order valence-corrected chi connectivity index (χ4v) is 4.50. The molecule has 2 amide bonds. The van der Waals surface area contributed by atoms with Gasteiger partial charge in [-0.1, -0.05) is 25.1 Å². The van der Waals surface area contributed by atoms with E-state index in [-0.39, 0.29) is 18.9 Å². The van der Waals surface area contributed by atoms with Gasteiger partial charge in [0.05, 0.1) is 18.6 Å². The Morgan fingerprint density at radius 3 is 2.80 bits per heavy atom. The standard InChI is InChI=1S/C19H22N2O3S/c1-12-7-8-14-15(11-12)25-19(17(14)18(20)23)21-16(22)9-10-24-13-5-3-2-4-6-13/h2-6,12H,7-11H2,1H3,(H2,20,23)(H,21,22). The van der Waals surface area contributed by atoms with Gasteiger partial charge in [-0.2, -0.15) is 0 Å². The molecule has 2 aromatic rings. The molecule has 25 heavy (non-hydrogen) atoms. The first-order valence-corrected chi connectivity index (χ1v) is 9.28. The van der Waals surface area contributed by atoms with Crippen molar-refractivity contribution in [3.63, 3.8) is 0 Å². The molecule has 1 atom stereocenters. The summed E-state index contributed by atoms with van der Waals surface area (Å²) < 4.78 is 5.54. The molecule has 1 aliphatic carbocycles. The number of nitrogens with two attached hydrogens (primary N) is 1. The van der Waals surface area contributed by atoms with Gasteiger partial charge in [-0.05, 0) is 42.9 Å². The summed E-state index contributed by atoms with van der Waals surface area (Å²) in [5, 5.41) is 3.43. The summed E-state index contributed by atoms with van der Waals surface area (Å²) in [5.41, 5.74) is 7.07. The van der Waals surface area contributed by atoms with Gasteiger partial charge in [0.1, 0.15) is 10.8 Å². The van der Waals surface area contributed by atoms with Crippen LogP contribution in [0.15, 0.2) is 30.3 Å². The lowest BCUT2D eigenvalue weighted by molar-refractivity contribution is -0.116. The zero-order valence-corrected chi connectivity index (χ0v) is 15.0. The molecule has 0 spiro atoms. The van der Waals surface area contributed by atoms with Gasteiger partial charge in [0, 0.05) is 4.88 Å². The summed E-state index contributed by atoms with van der Waals surface area (Å²) >= 11 is 1.48. The predicted octanol–water partition coefficient (Wildman–Crippen LogP) is 3.38. The van der Waals surface area contributed by atoms with E-state index in [9.17, 15) is 9.59 Å². The number of fused-ring (bicyclic) bond motifs is 1. The molecule has 3 rings (SSSR count). The van der Waals surface area contributed by atoms with Crippen LogP contribution in [0.3, 0.4) is 0 Å². The Bertz CT molecular complexity index is 770. The van der Waals surface area contributed by atoms with Crippen molar-refractivity contribution >= 4 is 28.2 Å². The monoisotopic (exact) mass is 358 g/mol. The van der Waals surface area contributed by atoms with Gasteiger partial charge in [0.25, 0.3) is 5.91 Å². The second-order valence-corrected chi connectivity index (χ2v) is 7.49. The Kier molecular flexibility index (Phi) is 5.38. The van der Waals surface area contributed by atoms with Crippen molar-refractivity contribution in [1.29, 1.82) is 0 Å². The van der Waals surface area contributed by atoms with E-state index in [2.05, 4.69) is 12.2 Å². The van der Waals surface area contributed by atoms with Crippen LogP contribution in [0.5, 0.6) is 5.75 Å². The molecule has 5 nitrogen and oxygen atoms in total. The summed E-state index contributed by atoms with van der Waals surface area (Å²) in [6.45, 7) is 2.48. The first kappa shape index (κ1) is 17.5. The molecular formula is C19H22N2O3S. The first-order chi connectivity index (χ1) is 12.0. The molecule has 1 unspecified atom stereocenters. The van der Waals surface area contributed by atoms with Crippen LogP contribution in [0.25, 0.3) is 0 Å². The summed E-state index contributed by atoms with van der Waals surface area (Å²) in [6.07, 6.45) is 3.04. The molecule has 0 aliphatic heterocycles. The number of para-hydroxylation sites is 1. The lowest BCUT2D eigenvalue weighted by Crippen LogP contribution is -2.20.